The Kier molecular flexibility index (Phi) is 5.61. The zero-order chi connectivity index (χ0) is 19.4. The van der Waals surface area contributed by atoms with Crippen molar-refractivity contribution in [2.75, 3.05) is 5.32 Å². The number of rotatable bonds is 4. The number of aromatic nitrogens is 2. The van der Waals surface area contributed by atoms with E-state index in [1.54, 1.807) is 30.3 Å². The average molecular weight is 392 g/mol. The molecule has 5 nitrogen and oxygen atoms in total. The highest BCUT2D eigenvalue weighted by molar-refractivity contribution is 7.99. The summed E-state index contributed by atoms with van der Waals surface area (Å²) in [5.74, 6) is 0.374. The van der Waals surface area contributed by atoms with Gasteiger partial charge in [-0.2, -0.15) is 10.5 Å². The lowest BCUT2D eigenvalue weighted by atomic mass is 10.1. The van der Waals surface area contributed by atoms with Gasteiger partial charge in [0.2, 0.25) is 5.95 Å². The molecule has 0 aliphatic carbocycles. The van der Waals surface area contributed by atoms with E-state index < -0.39 is 0 Å². The molecule has 0 aliphatic heterocycles. The molecule has 3 aromatic rings. The molecule has 132 valence electrons. The third-order valence-corrected chi connectivity index (χ3v) is 5.20. The van der Waals surface area contributed by atoms with E-state index in [2.05, 4.69) is 27.4 Å². The van der Waals surface area contributed by atoms with E-state index in [0.29, 0.717) is 27.3 Å². The van der Waals surface area contributed by atoms with E-state index >= 15 is 0 Å². The number of halogens is 1. The molecule has 1 heterocycles. The third kappa shape index (κ3) is 4.57. The Labute approximate surface area is 166 Å². The van der Waals surface area contributed by atoms with Crippen molar-refractivity contribution >= 4 is 35.0 Å². The molecule has 0 bridgehead atoms. The molecule has 0 radical (unpaired) electrons. The third-order valence-electron chi connectivity index (χ3n) is 3.74. The van der Waals surface area contributed by atoms with Crippen LogP contribution in [0, 0.1) is 36.5 Å². The second-order valence-corrected chi connectivity index (χ2v) is 7.24. The largest absolute Gasteiger partial charge is 0.324 e. The minimum Gasteiger partial charge on any atom is -0.324 e. The Hall–Kier alpha value is -3.06. The fourth-order valence-corrected chi connectivity index (χ4v) is 3.74. The summed E-state index contributed by atoms with van der Waals surface area (Å²) in [6.07, 6.45) is 0. The van der Waals surface area contributed by atoms with E-state index in [-0.39, 0.29) is 0 Å². The number of nitrogens with one attached hydrogen (secondary N) is 1. The molecule has 3 rings (SSSR count). The number of nitriles is 2. The first-order chi connectivity index (χ1) is 13.0. The standard InChI is InChI=1S/C20H14ClN5S/c1-12-7-15(11-23)8-13(2)19(12)27-18-9-17(21)25-20(26-18)24-16-5-3-14(10-22)4-6-16/h3-9H,1-2H3,(H,24,25,26). The molecule has 1 N–H and O–H groups in total. The van der Waals surface area contributed by atoms with Gasteiger partial charge in [-0.25, -0.2) is 9.97 Å². The minimum atomic E-state index is 0.326. The van der Waals surface area contributed by atoms with Gasteiger partial charge < -0.3 is 5.32 Å². The number of anilines is 2. The van der Waals surface area contributed by atoms with Gasteiger partial charge in [0.05, 0.1) is 23.3 Å². The van der Waals surface area contributed by atoms with Crippen molar-refractivity contribution < 1.29 is 0 Å². The Balaban J connectivity index is 1.88. The smallest absolute Gasteiger partial charge is 0.229 e. The summed E-state index contributed by atoms with van der Waals surface area (Å²) < 4.78 is 0. The van der Waals surface area contributed by atoms with E-state index in [9.17, 15) is 0 Å². The quantitative estimate of drug-likeness (QED) is 0.600. The summed E-state index contributed by atoms with van der Waals surface area (Å²) >= 11 is 7.64. The first kappa shape index (κ1) is 18.7. The Morgan fingerprint density at radius 3 is 2.15 bits per heavy atom. The van der Waals surface area contributed by atoms with Crippen LogP contribution in [0.3, 0.4) is 0 Å². The molecule has 7 heteroatoms. The number of benzene rings is 2. The SMILES string of the molecule is Cc1cc(C#N)cc(C)c1Sc1cc(Cl)nc(Nc2ccc(C#N)cc2)n1. The Morgan fingerprint density at radius 1 is 0.926 bits per heavy atom. The second-order valence-electron chi connectivity index (χ2n) is 5.82. The van der Waals surface area contributed by atoms with Crippen LogP contribution in [0.2, 0.25) is 5.15 Å². The van der Waals surface area contributed by atoms with E-state index in [1.165, 1.54) is 11.8 Å². The topological polar surface area (TPSA) is 85.4 Å². The Bertz CT molecular complexity index is 1060. The number of hydrogen-bond donors (Lipinski definition) is 1. The lowest BCUT2D eigenvalue weighted by Gasteiger charge is -2.11. The van der Waals surface area contributed by atoms with Crippen molar-refractivity contribution in [2.24, 2.45) is 0 Å². The highest BCUT2D eigenvalue weighted by atomic mass is 35.5. The van der Waals surface area contributed by atoms with Crippen LogP contribution in [0.5, 0.6) is 0 Å². The van der Waals surface area contributed by atoms with Gasteiger partial charge in [-0.15, -0.1) is 0 Å². The molecule has 0 spiro atoms. The lowest BCUT2D eigenvalue weighted by Crippen LogP contribution is -1.99. The van der Waals surface area contributed by atoms with Gasteiger partial charge in [-0.3, -0.25) is 0 Å². The van der Waals surface area contributed by atoms with Crippen LogP contribution in [0.15, 0.2) is 52.4 Å². The molecule has 1 aromatic heterocycles. The van der Waals surface area contributed by atoms with Gasteiger partial charge in [-0.1, -0.05) is 23.4 Å². The highest BCUT2D eigenvalue weighted by Crippen LogP contribution is 2.34. The highest BCUT2D eigenvalue weighted by Gasteiger charge is 2.11. The van der Waals surface area contributed by atoms with Crippen LogP contribution in [-0.4, -0.2) is 9.97 Å². The van der Waals surface area contributed by atoms with Crippen LogP contribution in [0.4, 0.5) is 11.6 Å². The first-order valence-corrected chi connectivity index (χ1v) is 9.19. The fourth-order valence-electron chi connectivity index (χ4n) is 2.54. The van der Waals surface area contributed by atoms with Crippen LogP contribution in [0.1, 0.15) is 22.3 Å². The van der Waals surface area contributed by atoms with Crippen molar-refractivity contribution in [3.63, 3.8) is 0 Å². The van der Waals surface area contributed by atoms with Crippen molar-refractivity contribution in [2.45, 2.75) is 23.8 Å². The number of nitrogens with zero attached hydrogens (tertiary/aromatic N) is 4. The van der Waals surface area contributed by atoms with Gasteiger partial charge in [-0.05, 0) is 61.4 Å². The maximum Gasteiger partial charge on any atom is 0.229 e. The Morgan fingerprint density at radius 2 is 1.56 bits per heavy atom. The van der Waals surface area contributed by atoms with Crippen LogP contribution < -0.4 is 5.32 Å². The molecule has 0 saturated carbocycles. The molecule has 27 heavy (non-hydrogen) atoms. The summed E-state index contributed by atoms with van der Waals surface area (Å²) in [6.45, 7) is 3.93. The van der Waals surface area contributed by atoms with Crippen molar-refractivity contribution in [1.29, 1.82) is 10.5 Å². The molecule has 0 saturated heterocycles. The molecule has 0 unspecified atom stereocenters. The molecule has 2 aromatic carbocycles. The number of aryl methyl sites for hydroxylation is 2. The summed E-state index contributed by atoms with van der Waals surface area (Å²) in [7, 11) is 0. The van der Waals surface area contributed by atoms with Gasteiger partial charge in [0.25, 0.3) is 0 Å². The molecule has 0 amide bonds. The van der Waals surface area contributed by atoms with E-state index in [1.807, 2.05) is 26.0 Å². The zero-order valence-electron chi connectivity index (χ0n) is 14.6. The summed E-state index contributed by atoms with van der Waals surface area (Å²) in [6, 6.07) is 16.7. The fraction of sp³-hybridized carbons (Fsp3) is 0.100. The van der Waals surface area contributed by atoms with Gasteiger partial charge in [0.15, 0.2) is 0 Å². The van der Waals surface area contributed by atoms with Crippen molar-refractivity contribution in [3.05, 3.63) is 69.9 Å². The lowest BCUT2D eigenvalue weighted by molar-refractivity contribution is 1.05. The molecule has 0 atom stereocenters. The first-order valence-electron chi connectivity index (χ1n) is 7.99. The van der Waals surface area contributed by atoms with Crippen LogP contribution in [-0.2, 0) is 0 Å². The normalized spacial score (nSPS) is 10.1. The van der Waals surface area contributed by atoms with Gasteiger partial charge >= 0.3 is 0 Å². The van der Waals surface area contributed by atoms with E-state index in [0.717, 1.165) is 21.7 Å². The van der Waals surface area contributed by atoms with Crippen LogP contribution >= 0.6 is 23.4 Å². The predicted octanol–water partition coefficient (Wildman–Crippen LogP) is 5.39. The van der Waals surface area contributed by atoms with Crippen LogP contribution in [0.25, 0.3) is 0 Å². The zero-order valence-corrected chi connectivity index (χ0v) is 16.2. The summed E-state index contributed by atoms with van der Waals surface area (Å²) in [4.78, 5) is 9.76. The predicted molar refractivity (Wildman–Crippen MR) is 106 cm³/mol. The maximum absolute atomic E-state index is 9.09. The van der Waals surface area contributed by atoms with Gasteiger partial charge in [0, 0.05) is 16.6 Å². The maximum atomic E-state index is 9.09. The van der Waals surface area contributed by atoms with E-state index in [4.69, 9.17) is 22.1 Å². The monoisotopic (exact) mass is 391 g/mol. The molecule has 0 aliphatic rings. The molecular weight excluding hydrogens is 378 g/mol. The molecular formula is C20H14ClN5S. The van der Waals surface area contributed by atoms with Crippen molar-refractivity contribution in [3.8, 4) is 12.1 Å². The summed E-state index contributed by atoms with van der Waals surface area (Å²) in [5, 5.41) is 22.1. The summed E-state index contributed by atoms with van der Waals surface area (Å²) in [5.41, 5.74) is 3.99. The minimum absolute atomic E-state index is 0.326. The average Bonchev–Trinajstić information content (AvgIpc) is 2.64. The van der Waals surface area contributed by atoms with Crippen molar-refractivity contribution in [1.82, 2.24) is 9.97 Å². The van der Waals surface area contributed by atoms with Gasteiger partial charge in [0.1, 0.15) is 10.2 Å². The second kappa shape index (κ2) is 8.09. The number of hydrogen-bond acceptors (Lipinski definition) is 6. The molecule has 0 fully saturated rings.